The van der Waals surface area contributed by atoms with Crippen molar-refractivity contribution < 1.29 is 4.79 Å². The van der Waals surface area contributed by atoms with E-state index < -0.39 is 0 Å². The smallest absolute Gasteiger partial charge is 0.250 e. The minimum atomic E-state index is -0.209. The first-order valence-electron chi connectivity index (χ1n) is 11.9. The van der Waals surface area contributed by atoms with Gasteiger partial charge in [0.15, 0.2) is 11.0 Å². The molecule has 1 N–H and O–H groups in total. The molecule has 3 aromatic carbocycles. The summed E-state index contributed by atoms with van der Waals surface area (Å²) in [5.41, 5.74) is 9.07. The average molecular weight is 498 g/mol. The highest BCUT2D eigenvalue weighted by Gasteiger charge is 2.19. The molecule has 0 unspecified atom stereocenters. The molecule has 0 bridgehead atoms. The van der Waals surface area contributed by atoms with Crippen LogP contribution in [-0.4, -0.2) is 32.6 Å². The highest BCUT2D eigenvalue weighted by atomic mass is 32.2. The van der Waals surface area contributed by atoms with Gasteiger partial charge in [0, 0.05) is 11.3 Å². The van der Waals surface area contributed by atoms with E-state index in [1.54, 1.807) is 6.21 Å². The molecule has 1 heterocycles. The van der Waals surface area contributed by atoms with Crippen LogP contribution in [0.15, 0.2) is 83.1 Å². The number of aromatic nitrogens is 3. The Balaban J connectivity index is 1.55. The normalized spacial score (nSPS) is 11.7. The maximum Gasteiger partial charge on any atom is 0.250 e. The summed E-state index contributed by atoms with van der Waals surface area (Å²) in [7, 11) is 0. The minimum absolute atomic E-state index is 0.0687. The van der Waals surface area contributed by atoms with Crippen LogP contribution in [0.3, 0.4) is 0 Å². The van der Waals surface area contributed by atoms with E-state index in [1.807, 2.05) is 47.9 Å². The number of hydrazone groups is 1. The van der Waals surface area contributed by atoms with Gasteiger partial charge >= 0.3 is 0 Å². The molecular weight excluding hydrogens is 466 g/mol. The molecule has 36 heavy (non-hydrogen) atoms. The molecule has 6 nitrogen and oxygen atoms in total. The van der Waals surface area contributed by atoms with Gasteiger partial charge in [0.25, 0.3) is 5.91 Å². The number of carbonyl (C=O) groups excluding carboxylic acids is 1. The summed E-state index contributed by atoms with van der Waals surface area (Å²) in [6, 6.07) is 24.5. The van der Waals surface area contributed by atoms with E-state index in [0.717, 1.165) is 28.2 Å². The van der Waals surface area contributed by atoms with E-state index in [4.69, 9.17) is 0 Å². The summed E-state index contributed by atoms with van der Waals surface area (Å²) >= 11 is 1.33. The lowest BCUT2D eigenvalue weighted by Gasteiger charge is -2.19. The molecule has 0 fully saturated rings. The van der Waals surface area contributed by atoms with Gasteiger partial charge in [-0.25, -0.2) is 5.43 Å². The van der Waals surface area contributed by atoms with Crippen LogP contribution < -0.4 is 5.43 Å². The summed E-state index contributed by atoms with van der Waals surface area (Å²) in [4.78, 5) is 12.5. The van der Waals surface area contributed by atoms with Gasteiger partial charge in [-0.2, -0.15) is 5.10 Å². The largest absolute Gasteiger partial charge is 0.272 e. The third-order valence-electron chi connectivity index (χ3n) is 5.85. The maximum atomic E-state index is 12.5. The van der Waals surface area contributed by atoms with Gasteiger partial charge in [-0.1, -0.05) is 98.8 Å². The molecule has 1 amide bonds. The number of benzene rings is 3. The second-order valence-corrected chi connectivity index (χ2v) is 10.7. The maximum absolute atomic E-state index is 12.5. The first-order valence-corrected chi connectivity index (χ1v) is 12.8. The molecular formula is C29H31N5OS. The van der Waals surface area contributed by atoms with Crippen molar-refractivity contribution in [3.05, 3.63) is 95.1 Å². The molecule has 0 aliphatic heterocycles. The second kappa shape index (κ2) is 10.9. The number of hydrogen-bond acceptors (Lipinski definition) is 5. The van der Waals surface area contributed by atoms with Crippen LogP contribution in [0.25, 0.3) is 17.1 Å². The van der Waals surface area contributed by atoms with E-state index >= 15 is 0 Å². The Labute approximate surface area is 216 Å². The molecule has 0 radical (unpaired) electrons. The minimum Gasteiger partial charge on any atom is -0.272 e. The van der Waals surface area contributed by atoms with Gasteiger partial charge in [0.05, 0.1) is 12.0 Å². The lowest BCUT2D eigenvalue weighted by Crippen LogP contribution is -2.20. The molecule has 4 rings (SSSR count). The highest BCUT2D eigenvalue weighted by Crippen LogP contribution is 2.30. The molecule has 4 aromatic rings. The fraction of sp³-hybridized carbons (Fsp3) is 0.241. The van der Waals surface area contributed by atoms with Gasteiger partial charge in [0.2, 0.25) is 0 Å². The molecule has 7 heteroatoms. The zero-order valence-corrected chi connectivity index (χ0v) is 22.1. The zero-order valence-electron chi connectivity index (χ0n) is 21.3. The summed E-state index contributed by atoms with van der Waals surface area (Å²) in [5, 5.41) is 13.7. The SMILES string of the molecule is Cc1ccc(-n2c(SCC(=O)N/N=C/c3ccccc3C)nnc2-c2ccc(C(C)(C)C)cc2)cc1. The first-order chi connectivity index (χ1) is 17.2. The number of nitrogens with one attached hydrogen (secondary N) is 1. The Bertz CT molecular complexity index is 1370. The Hall–Kier alpha value is -3.71. The van der Waals surface area contributed by atoms with Crippen molar-refractivity contribution in [2.24, 2.45) is 5.10 Å². The predicted molar refractivity (Wildman–Crippen MR) is 148 cm³/mol. The summed E-state index contributed by atoms with van der Waals surface area (Å²) in [5.74, 6) is 0.692. The topological polar surface area (TPSA) is 72.2 Å². The molecule has 0 saturated heterocycles. The lowest BCUT2D eigenvalue weighted by molar-refractivity contribution is -0.118. The van der Waals surface area contributed by atoms with Crippen molar-refractivity contribution in [3.63, 3.8) is 0 Å². The number of carbonyl (C=O) groups is 1. The molecule has 0 saturated carbocycles. The fourth-order valence-corrected chi connectivity index (χ4v) is 4.41. The van der Waals surface area contributed by atoms with Crippen LogP contribution in [0.4, 0.5) is 0 Å². The van der Waals surface area contributed by atoms with Crippen LogP contribution in [0.5, 0.6) is 0 Å². The average Bonchev–Trinajstić information content (AvgIpc) is 3.28. The van der Waals surface area contributed by atoms with Gasteiger partial charge in [-0.15, -0.1) is 10.2 Å². The predicted octanol–water partition coefficient (Wildman–Crippen LogP) is 6.09. The Morgan fingerprint density at radius 2 is 1.67 bits per heavy atom. The monoisotopic (exact) mass is 497 g/mol. The molecule has 0 aliphatic rings. The number of hydrogen-bond donors (Lipinski definition) is 1. The van der Waals surface area contributed by atoms with Crippen molar-refractivity contribution in [3.8, 4) is 17.1 Å². The van der Waals surface area contributed by atoms with Crippen LogP contribution in [-0.2, 0) is 10.2 Å². The zero-order chi connectivity index (χ0) is 25.7. The Kier molecular flexibility index (Phi) is 7.70. The second-order valence-electron chi connectivity index (χ2n) is 9.74. The Morgan fingerprint density at radius 1 is 0.972 bits per heavy atom. The number of amides is 1. The molecule has 0 aliphatic carbocycles. The first kappa shape index (κ1) is 25.4. The van der Waals surface area contributed by atoms with E-state index in [0.29, 0.717) is 5.16 Å². The van der Waals surface area contributed by atoms with Crippen LogP contribution >= 0.6 is 11.8 Å². The third-order valence-corrected chi connectivity index (χ3v) is 6.78. The quantitative estimate of drug-likeness (QED) is 0.190. The van der Waals surface area contributed by atoms with Crippen LogP contribution in [0, 0.1) is 13.8 Å². The number of rotatable bonds is 7. The third kappa shape index (κ3) is 6.10. The van der Waals surface area contributed by atoms with Gasteiger partial charge in [-0.3, -0.25) is 9.36 Å². The van der Waals surface area contributed by atoms with E-state index in [9.17, 15) is 4.79 Å². The van der Waals surface area contributed by atoms with E-state index in [-0.39, 0.29) is 17.1 Å². The van der Waals surface area contributed by atoms with Crippen molar-refractivity contribution in [2.75, 3.05) is 5.75 Å². The summed E-state index contributed by atoms with van der Waals surface area (Å²) < 4.78 is 2.00. The van der Waals surface area contributed by atoms with Gasteiger partial charge in [0.1, 0.15) is 0 Å². The van der Waals surface area contributed by atoms with Crippen LogP contribution in [0.2, 0.25) is 0 Å². The van der Waals surface area contributed by atoms with Crippen molar-refractivity contribution in [1.29, 1.82) is 0 Å². The molecule has 1 aromatic heterocycles. The van der Waals surface area contributed by atoms with Crippen LogP contribution in [0.1, 0.15) is 43.0 Å². The number of aryl methyl sites for hydroxylation is 2. The summed E-state index contributed by atoms with van der Waals surface area (Å²) in [6.45, 7) is 10.6. The van der Waals surface area contributed by atoms with E-state index in [2.05, 4.69) is 84.8 Å². The van der Waals surface area contributed by atoms with Gasteiger partial charge < -0.3 is 0 Å². The number of thioether (sulfide) groups is 1. The van der Waals surface area contributed by atoms with Gasteiger partial charge in [-0.05, 0) is 48.1 Å². The fourth-order valence-electron chi connectivity index (χ4n) is 3.66. The summed E-state index contributed by atoms with van der Waals surface area (Å²) in [6.07, 6.45) is 1.66. The standard InChI is InChI=1S/C29H31N5OS/c1-20-10-16-25(17-11-20)34-27(22-12-14-24(15-13-22)29(3,4)5)32-33-28(34)36-19-26(35)31-30-18-23-9-7-6-8-21(23)2/h6-18H,19H2,1-5H3,(H,31,35)/b30-18+. The van der Waals surface area contributed by atoms with E-state index in [1.165, 1.54) is 22.9 Å². The molecule has 0 atom stereocenters. The van der Waals surface area contributed by atoms with Crippen molar-refractivity contribution >= 4 is 23.9 Å². The van der Waals surface area contributed by atoms with Crippen molar-refractivity contribution in [1.82, 2.24) is 20.2 Å². The lowest BCUT2D eigenvalue weighted by atomic mass is 9.87. The van der Waals surface area contributed by atoms with Crippen molar-refractivity contribution in [2.45, 2.75) is 45.2 Å². The Morgan fingerprint density at radius 3 is 2.33 bits per heavy atom. The number of nitrogens with zero attached hydrogens (tertiary/aromatic N) is 4. The molecule has 0 spiro atoms. The molecule has 184 valence electrons. The highest BCUT2D eigenvalue weighted by molar-refractivity contribution is 7.99.